The number of likely N-dealkylation sites (N-methyl/N-ethyl adjacent to an activating group) is 1. The molecule has 0 aliphatic heterocycles. The lowest BCUT2D eigenvalue weighted by atomic mass is 10.1. The second-order valence-electron chi connectivity index (χ2n) is 6.78. The van der Waals surface area contributed by atoms with E-state index in [2.05, 4.69) is 38.5 Å². The first-order valence-electron chi connectivity index (χ1n) is 8.18. The summed E-state index contributed by atoms with van der Waals surface area (Å²) in [4.78, 5) is 12.5. The lowest BCUT2D eigenvalue weighted by molar-refractivity contribution is -0.927. The molecule has 1 saturated carbocycles. The Balaban J connectivity index is 2.00. The van der Waals surface area contributed by atoms with Crippen LogP contribution in [-0.4, -0.2) is 36.6 Å². The van der Waals surface area contributed by atoms with E-state index >= 15 is 0 Å². The molecule has 1 aromatic carbocycles. The topological polar surface area (TPSA) is 29.1 Å². The van der Waals surface area contributed by atoms with E-state index in [-0.39, 0.29) is 11.9 Å². The van der Waals surface area contributed by atoms with Gasteiger partial charge in [0, 0.05) is 5.69 Å². The van der Waals surface area contributed by atoms with E-state index in [0.717, 1.165) is 16.6 Å². The number of carbonyl (C=O) groups is 1. The Morgan fingerprint density at radius 1 is 1.24 bits per heavy atom. The smallest absolute Gasteiger partial charge is 0.282 e. The molecular formula is C18H29N2O+. The monoisotopic (exact) mass is 289 g/mol. The van der Waals surface area contributed by atoms with Crippen LogP contribution in [0.5, 0.6) is 0 Å². The van der Waals surface area contributed by atoms with Crippen molar-refractivity contribution in [3.05, 3.63) is 29.8 Å². The highest BCUT2D eigenvalue weighted by atomic mass is 16.2. The minimum absolute atomic E-state index is 0.0287. The van der Waals surface area contributed by atoms with Crippen molar-refractivity contribution in [3.63, 3.8) is 0 Å². The van der Waals surface area contributed by atoms with Crippen molar-refractivity contribution in [3.8, 4) is 0 Å². The maximum Gasteiger partial charge on any atom is 0.282 e. The molecule has 1 N–H and O–H groups in total. The van der Waals surface area contributed by atoms with Gasteiger partial charge in [0.1, 0.15) is 0 Å². The third-order valence-corrected chi connectivity index (χ3v) is 5.27. The van der Waals surface area contributed by atoms with Gasteiger partial charge >= 0.3 is 0 Å². The van der Waals surface area contributed by atoms with Gasteiger partial charge in [0.25, 0.3) is 5.91 Å². The Morgan fingerprint density at radius 3 is 2.33 bits per heavy atom. The molecule has 1 amide bonds. The van der Waals surface area contributed by atoms with E-state index in [1.54, 1.807) is 0 Å². The second-order valence-corrected chi connectivity index (χ2v) is 6.78. The molecule has 0 spiro atoms. The number of carbonyl (C=O) groups excluding carboxylic acids is 1. The average Bonchev–Trinajstić information content (AvgIpc) is 3.02. The second kappa shape index (κ2) is 6.61. The van der Waals surface area contributed by atoms with E-state index in [1.807, 2.05) is 19.1 Å². The lowest BCUT2D eigenvalue weighted by Gasteiger charge is -2.40. The van der Waals surface area contributed by atoms with Gasteiger partial charge in [-0.15, -0.1) is 0 Å². The largest absolute Gasteiger partial charge is 0.321 e. The summed E-state index contributed by atoms with van der Waals surface area (Å²) in [5.74, 6) is 0.121. The first-order chi connectivity index (χ1) is 9.95. The number of aryl methyl sites for hydroxylation is 1. The van der Waals surface area contributed by atoms with Gasteiger partial charge in [-0.3, -0.25) is 4.79 Å². The molecule has 1 aliphatic carbocycles. The Labute approximate surface area is 128 Å². The van der Waals surface area contributed by atoms with Crippen molar-refractivity contribution in [2.45, 2.75) is 58.0 Å². The van der Waals surface area contributed by atoms with Gasteiger partial charge in [-0.2, -0.15) is 0 Å². The summed E-state index contributed by atoms with van der Waals surface area (Å²) in [7, 11) is 4.39. The predicted octanol–water partition coefficient (Wildman–Crippen LogP) is 3.60. The number of hydrogen-bond acceptors (Lipinski definition) is 1. The third-order valence-electron chi connectivity index (χ3n) is 5.27. The van der Waals surface area contributed by atoms with E-state index in [9.17, 15) is 4.79 Å². The van der Waals surface area contributed by atoms with E-state index in [0.29, 0.717) is 6.04 Å². The van der Waals surface area contributed by atoms with Crippen LogP contribution in [0.25, 0.3) is 0 Å². The molecule has 0 heterocycles. The maximum absolute atomic E-state index is 12.5. The normalized spacial score (nSPS) is 17.7. The first-order valence-corrected chi connectivity index (χ1v) is 8.18. The minimum Gasteiger partial charge on any atom is -0.321 e. The van der Waals surface area contributed by atoms with E-state index < -0.39 is 0 Å². The highest BCUT2D eigenvalue weighted by molar-refractivity contribution is 5.93. The van der Waals surface area contributed by atoms with Crippen LogP contribution in [-0.2, 0) is 11.2 Å². The molecule has 0 radical (unpaired) electrons. The van der Waals surface area contributed by atoms with Crippen LogP contribution in [0.2, 0.25) is 0 Å². The van der Waals surface area contributed by atoms with Gasteiger partial charge in [0.2, 0.25) is 0 Å². The quantitative estimate of drug-likeness (QED) is 0.825. The zero-order valence-electron chi connectivity index (χ0n) is 13.9. The van der Waals surface area contributed by atoms with Crippen molar-refractivity contribution in [1.82, 2.24) is 0 Å². The van der Waals surface area contributed by atoms with E-state index in [4.69, 9.17) is 0 Å². The summed E-state index contributed by atoms with van der Waals surface area (Å²) in [6.45, 7) is 4.19. The SMILES string of the molecule is CCc1ccc(NC(=O)[C@@H](C)[N+](C)(C)C2CCCC2)cc1. The van der Waals surface area contributed by atoms with Crippen molar-refractivity contribution < 1.29 is 9.28 Å². The fourth-order valence-corrected chi connectivity index (χ4v) is 3.26. The molecule has 1 fully saturated rings. The summed E-state index contributed by atoms with van der Waals surface area (Å²) < 4.78 is 0.791. The van der Waals surface area contributed by atoms with Gasteiger partial charge in [0.15, 0.2) is 6.04 Å². The number of hydrogen-bond donors (Lipinski definition) is 1. The lowest BCUT2D eigenvalue weighted by Crippen LogP contribution is -2.57. The highest BCUT2D eigenvalue weighted by Gasteiger charge is 2.39. The molecular weight excluding hydrogens is 260 g/mol. The summed E-state index contributed by atoms with van der Waals surface area (Å²) in [6.07, 6.45) is 6.13. The van der Waals surface area contributed by atoms with Gasteiger partial charge < -0.3 is 9.80 Å². The Morgan fingerprint density at radius 2 is 1.81 bits per heavy atom. The van der Waals surface area contributed by atoms with Crippen LogP contribution in [0.1, 0.15) is 45.1 Å². The molecule has 0 aromatic heterocycles. The zero-order chi connectivity index (χ0) is 15.5. The number of anilines is 1. The summed E-state index contributed by atoms with van der Waals surface area (Å²) in [5, 5.41) is 3.07. The van der Waals surface area contributed by atoms with Crippen LogP contribution in [0, 0.1) is 0 Å². The van der Waals surface area contributed by atoms with Crippen molar-refractivity contribution in [2.24, 2.45) is 0 Å². The summed E-state index contributed by atoms with van der Waals surface area (Å²) >= 11 is 0. The molecule has 3 heteroatoms. The summed E-state index contributed by atoms with van der Waals surface area (Å²) in [6, 6.07) is 8.75. The van der Waals surface area contributed by atoms with Gasteiger partial charge in [-0.05, 0) is 56.7 Å². The highest BCUT2D eigenvalue weighted by Crippen LogP contribution is 2.29. The molecule has 3 nitrogen and oxygen atoms in total. The molecule has 116 valence electrons. The Hall–Kier alpha value is -1.35. The van der Waals surface area contributed by atoms with E-state index in [1.165, 1.54) is 31.2 Å². The minimum atomic E-state index is -0.0287. The first kappa shape index (κ1) is 16.0. The third kappa shape index (κ3) is 3.65. The number of nitrogens with one attached hydrogen (secondary N) is 1. The van der Waals surface area contributed by atoms with Crippen LogP contribution < -0.4 is 5.32 Å². The number of rotatable bonds is 5. The molecule has 1 atom stereocenters. The molecule has 0 saturated heterocycles. The molecule has 21 heavy (non-hydrogen) atoms. The number of nitrogens with zero attached hydrogens (tertiary/aromatic N) is 1. The number of quaternary nitrogens is 1. The van der Waals surface area contributed by atoms with Crippen molar-refractivity contribution in [2.75, 3.05) is 19.4 Å². The predicted molar refractivity (Wildman–Crippen MR) is 88.3 cm³/mol. The standard InChI is InChI=1S/C18H28N2O/c1-5-15-10-12-16(13-11-15)19-18(21)14(2)20(3,4)17-8-6-7-9-17/h10-14,17H,5-9H2,1-4H3/p+1/t14-/m1/s1. The summed E-state index contributed by atoms with van der Waals surface area (Å²) in [5.41, 5.74) is 2.19. The average molecular weight is 289 g/mol. The fraction of sp³-hybridized carbons (Fsp3) is 0.611. The Kier molecular flexibility index (Phi) is 5.04. The fourth-order valence-electron chi connectivity index (χ4n) is 3.26. The van der Waals surface area contributed by atoms with Gasteiger partial charge in [0.05, 0.1) is 20.1 Å². The van der Waals surface area contributed by atoms with Gasteiger partial charge in [-0.25, -0.2) is 0 Å². The molecule has 0 unspecified atom stereocenters. The van der Waals surface area contributed by atoms with Crippen LogP contribution >= 0.6 is 0 Å². The zero-order valence-corrected chi connectivity index (χ0v) is 13.9. The Bertz CT molecular complexity index is 472. The van der Waals surface area contributed by atoms with Crippen LogP contribution in [0.4, 0.5) is 5.69 Å². The van der Waals surface area contributed by atoms with Gasteiger partial charge in [-0.1, -0.05) is 19.1 Å². The van der Waals surface area contributed by atoms with Crippen LogP contribution in [0.15, 0.2) is 24.3 Å². The molecule has 0 bridgehead atoms. The molecule has 2 rings (SSSR count). The van der Waals surface area contributed by atoms with Crippen molar-refractivity contribution >= 4 is 11.6 Å². The molecule has 1 aliphatic rings. The number of benzene rings is 1. The number of amides is 1. The van der Waals surface area contributed by atoms with Crippen molar-refractivity contribution in [1.29, 1.82) is 0 Å². The maximum atomic E-state index is 12.5. The molecule has 1 aromatic rings. The van der Waals surface area contributed by atoms with Crippen LogP contribution in [0.3, 0.4) is 0 Å².